The summed E-state index contributed by atoms with van der Waals surface area (Å²) in [5.41, 5.74) is 8.08. The average molecular weight is 308 g/mol. The second-order valence-electron chi connectivity index (χ2n) is 4.73. The van der Waals surface area contributed by atoms with E-state index in [0.717, 1.165) is 22.9 Å². The molecule has 0 bridgehead atoms. The number of hydrogen-bond acceptors (Lipinski definition) is 3. The molecule has 0 radical (unpaired) electrons. The second-order valence-corrected chi connectivity index (χ2v) is 6.50. The molecule has 3 rings (SSSR count). The molecular formula is C14H14ClN3OS. The number of thiophene rings is 1. The SMILES string of the molecule is NC(=O)Nc1ccc(NC2CCc3sc(Cl)cc32)cc1. The molecule has 1 atom stereocenters. The number of anilines is 2. The summed E-state index contributed by atoms with van der Waals surface area (Å²) in [5, 5.41) is 6.03. The van der Waals surface area contributed by atoms with Crippen LogP contribution in [0.4, 0.5) is 16.2 Å². The van der Waals surface area contributed by atoms with Gasteiger partial charge in [0.1, 0.15) is 0 Å². The van der Waals surface area contributed by atoms with Gasteiger partial charge in [-0.3, -0.25) is 0 Å². The second kappa shape index (κ2) is 5.34. The molecule has 1 aliphatic rings. The van der Waals surface area contributed by atoms with E-state index in [9.17, 15) is 4.79 Å². The van der Waals surface area contributed by atoms with Gasteiger partial charge in [-0.25, -0.2) is 4.79 Å². The lowest BCUT2D eigenvalue weighted by atomic mass is 10.1. The Bertz CT molecular complexity index is 638. The van der Waals surface area contributed by atoms with Crippen molar-refractivity contribution in [2.24, 2.45) is 5.73 Å². The molecule has 1 heterocycles. The van der Waals surface area contributed by atoms with Gasteiger partial charge in [0.2, 0.25) is 0 Å². The molecule has 0 fully saturated rings. The van der Waals surface area contributed by atoms with E-state index in [2.05, 4.69) is 16.7 Å². The average Bonchev–Trinajstić information content (AvgIpc) is 2.92. The minimum Gasteiger partial charge on any atom is -0.378 e. The number of carbonyl (C=O) groups is 1. The number of urea groups is 1. The van der Waals surface area contributed by atoms with Crippen LogP contribution in [0.3, 0.4) is 0 Å². The number of benzene rings is 1. The number of primary amides is 1. The highest BCUT2D eigenvalue weighted by molar-refractivity contribution is 7.16. The molecule has 2 aromatic rings. The molecule has 1 unspecified atom stereocenters. The number of fused-ring (bicyclic) bond motifs is 1. The normalized spacial score (nSPS) is 16.8. The van der Waals surface area contributed by atoms with E-state index < -0.39 is 6.03 Å². The van der Waals surface area contributed by atoms with Crippen LogP contribution in [-0.4, -0.2) is 6.03 Å². The smallest absolute Gasteiger partial charge is 0.316 e. The van der Waals surface area contributed by atoms with E-state index in [1.807, 2.05) is 24.3 Å². The van der Waals surface area contributed by atoms with Gasteiger partial charge >= 0.3 is 6.03 Å². The molecule has 1 aliphatic carbocycles. The van der Waals surface area contributed by atoms with E-state index in [1.165, 1.54) is 10.4 Å². The van der Waals surface area contributed by atoms with Crippen LogP contribution in [0.25, 0.3) is 0 Å². The van der Waals surface area contributed by atoms with Crippen LogP contribution in [0.2, 0.25) is 4.34 Å². The zero-order chi connectivity index (χ0) is 14.1. The third-order valence-corrected chi connectivity index (χ3v) is 4.68. The van der Waals surface area contributed by atoms with E-state index in [-0.39, 0.29) is 0 Å². The molecule has 2 amide bonds. The summed E-state index contributed by atoms with van der Waals surface area (Å²) in [6.45, 7) is 0. The van der Waals surface area contributed by atoms with Crippen molar-refractivity contribution >= 4 is 40.3 Å². The van der Waals surface area contributed by atoms with Gasteiger partial charge in [-0.05, 0) is 48.7 Å². The first-order valence-electron chi connectivity index (χ1n) is 6.33. The predicted octanol–water partition coefficient (Wildman–Crippen LogP) is 3.99. The fourth-order valence-electron chi connectivity index (χ4n) is 2.47. The maximum absolute atomic E-state index is 10.8. The topological polar surface area (TPSA) is 67.2 Å². The summed E-state index contributed by atoms with van der Waals surface area (Å²) in [6.07, 6.45) is 2.16. The largest absolute Gasteiger partial charge is 0.378 e. The van der Waals surface area contributed by atoms with Crippen LogP contribution in [0.5, 0.6) is 0 Å². The zero-order valence-corrected chi connectivity index (χ0v) is 12.2. The number of nitrogens with two attached hydrogens (primary N) is 1. The van der Waals surface area contributed by atoms with Gasteiger partial charge in [0, 0.05) is 16.3 Å². The highest BCUT2D eigenvalue weighted by Crippen LogP contribution is 2.40. The van der Waals surface area contributed by atoms with Gasteiger partial charge in [-0.1, -0.05) is 11.6 Å². The van der Waals surface area contributed by atoms with E-state index in [0.29, 0.717) is 11.7 Å². The number of halogens is 1. The van der Waals surface area contributed by atoms with Crippen molar-refractivity contribution in [1.82, 2.24) is 0 Å². The number of rotatable bonds is 3. The van der Waals surface area contributed by atoms with Crippen LogP contribution in [0, 0.1) is 0 Å². The van der Waals surface area contributed by atoms with Crippen molar-refractivity contribution in [3.8, 4) is 0 Å². The van der Waals surface area contributed by atoms with Crippen molar-refractivity contribution < 1.29 is 4.79 Å². The Hall–Kier alpha value is -1.72. The lowest BCUT2D eigenvalue weighted by Gasteiger charge is -2.15. The summed E-state index contributed by atoms with van der Waals surface area (Å²) >= 11 is 7.72. The standard InChI is InChI=1S/C14H14ClN3OS/c15-13-7-10-11(5-6-12(10)20-13)17-8-1-3-9(4-2-8)18-14(16)19/h1-4,7,11,17H,5-6H2,(H3,16,18,19). The lowest BCUT2D eigenvalue weighted by Crippen LogP contribution is -2.19. The quantitative estimate of drug-likeness (QED) is 0.802. The summed E-state index contributed by atoms with van der Waals surface area (Å²) in [4.78, 5) is 12.1. The Balaban J connectivity index is 1.71. The summed E-state index contributed by atoms with van der Waals surface area (Å²) in [7, 11) is 0. The van der Waals surface area contributed by atoms with Crippen LogP contribution >= 0.6 is 22.9 Å². The minimum atomic E-state index is -0.556. The molecule has 0 spiro atoms. The summed E-state index contributed by atoms with van der Waals surface area (Å²) in [6, 6.07) is 9.30. The van der Waals surface area contributed by atoms with Crippen molar-refractivity contribution in [2.45, 2.75) is 18.9 Å². The molecule has 0 saturated heterocycles. The highest BCUT2D eigenvalue weighted by atomic mass is 35.5. The van der Waals surface area contributed by atoms with E-state index in [1.54, 1.807) is 11.3 Å². The zero-order valence-electron chi connectivity index (χ0n) is 10.7. The first-order chi connectivity index (χ1) is 9.61. The Morgan fingerprint density at radius 3 is 2.70 bits per heavy atom. The molecule has 20 heavy (non-hydrogen) atoms. The van der Waals surface area contributed by atoms with Gasteiger partial charge in [0.05, 0.1) is 10.4 Å². The Morgan fingerprint density at radius 2 is 2.00 bits per heavy atom. The number of carbonyl (C=O) groups excluding carboxylic acids is 1. The fourth-order valence-corrected chi connectivity index (χ4v) is 3.83. The predicted molar refractivity (Wildman–Crippen MR) is 83.7 cm³/mol. The third-order valence-electron chi connectivity index (χ3n) is 3.34. The maximum Gasteiger partial charge on any atom is 0.316 e. The highest BCUT2D eigenvalue weighted by Gasteiger charge is 2.24. The van der Waals surface area contributed by atoms with Crippen molar-refractivity contribution in [3.05, 3.63) is 45.1 Å². The molecule has 4 nitrogen and oxygen atoms in total. The van der Waals surface area contributed by atoms with Crippen LogP contribution in [0.15, 0.2) is 30.3 Å². The number of nitrogens with one attached hydrogen (secondary N) is 2. The fraction of sp³-hybridized carbons (Fsp3) is 0.214. The Morgan fingerprint density at radius 1 is 1.30 bits per heavy atom. The monoisotopic (exact) mass is 307 g/mol. The van der Waals surface area contributed by atoms with Gasteiger partial charge in [-0.15, -0.1) is 11.3 Å². The number of amides is 2. The van der Waals surface area contributed by atoms with Crippen molar-refractivity contribution in [2.75, 3.05) is 10.6 Å². The van der Waals surface area contributed by atoms with Gasteiger partial charge in [0.25, 0.3) is 0 Å². The van der Waals surface area contributed by atoms with Gasteiger partial charge in [0.15, 0.2) is 0 Å². The van der Waals surface area contributed by atoms with Crippen LogP contribution < -0.4 is 16.4 Å². The van der Waals surface area contributed by atoms with Crippen molar-refractivity contribution in [1.29, 1.82) is 0 Å². The molecule has 0 saturated carbocycles. The molecule has 1 aromatic carbocycles. The molecule has 0 aliphatic heterocycles. The number of hydrogen-bond donors (Lipinski definition) is 3. The molecule has 104 valence electrons. The first-order valence-corrected chi connectivity index (χ1v) is 7.52. The summed E-state index contributed by atoms with van der Waals surface area (Å²) in [5.74, 6) is 0. The molecule has 6 heteroatoms. The lowest BCUT2D eigenvalue weighted by molar-refractivity contribution is 0.259. The van der Waals surface area contributed by atoms with Crippen molar-refractivity contribution in [3.63, 3.8) is 0 Å². The molecular weight excluding hydrogens is 294 g/mol. The summed E-state index contributed by atoms with van der Waals surface area (Å²) < 4.78 is 0.850. The maximum atomic E-state index is 10.8. The number of aryl methyl sites for hydroxylation is 1. The first kappa shape index (κ1) is 13.3. The molecule has 4 N–H and O–H groups in total. The van der Waals surface area contributed by atoms with Gasteiger partial charge < -0.3 is 16.4 Å². The molecule has 1 aromatic heterocycles. The van der Waals surface area contributed by atoms with Gasteiger partial charge in [-0.2, -0.15) is 0 Å². The van der Waals surface area contributed by atoms with E-state index in [4.69, 9.17) is 17.3 Å². The van der Waals surface area contributed by atoms with Crippen LogP contribution in [-0.2, 0) is 6.42 Å². The Kier molecular flexibility index (Phi) is 3.54. The van der Waals surface area contributed by atoms with Crippen LogP contribution in [0.1, 0.15) is 22.9 Å². The third kappa shape index (κ3) is 2.73. The van der Waals surface area contributed by atoms with E-state index >= 15 is 0 Å². The Labute approximate surface area is 125 Å². The minimum absolute atomic E-state index is 0.309.